The van der Waals surface area contributed by atoms with Crippen molar-refractivity contribution >= 4 is 40.8 Å². The summed E-state index contributed by atoms with van der Waals surface area (Å²) < 4.78 is 43.3. The second kappa shape index (κ2) is 7.97. The van der Waals surface area contributed by atoms with Gasteiger partial charge in [-0.2, -0.15) is 13.2 Å². The van der Waals surface area contributed by atoms with Crippen LogP contribution in [-0.4, -0.2) is 18.0 Å². The molecule has 2 aromatic carbocycles. The van der Waals surface area contributed by atoms with Crippen LogP contribution in [0.25, 0.3) is 0 Å². The van der Waals surface area contributed by atoms with E-state index in [1.54, 1.807) is 12.1 Å². The largest absolute Gasteiger partial charge is 0.449 e. The molecule has 0 fully saturated rings. The molecular formula is C17H12Cl2F3NO3. The Morgan fingerprint density at radius 2 is 1.73 bits per heavy atom. The zero-order valence-corrected chi connectivity index (χ0v) is 14.7. The molecule has 1 amide bonds. The van der Waals surface area contributed by atoms with Crippen LogP contribution < -0.4 is 5.32 Å². The highest BCUT2D eigenvalue weighted by Gasteiger charge is 2.31. The van der Waals surface area contributed by atoms with Crippen LogP contribution in [0, 0.1) is 0 Å². The molecule has 0 aliphatic rings. The summed E-state index contributed by atoms with van der Waals surface area (Å²) in [7, 11) is 0. The first-order valence-corrected chi connectivity index (χ1v) is 7.98. The lowest BCUT2D eigenvalue weighted by Gasteiger charge is -2.16. The first-order valence-electron chi connectivity index (χ1n) is 7.22. The van der Waals surface area contributed by atoms with Gasteiger partial charge in [-0.05, 0) is 37.3 Å². The minimum atomic E-state index is -4.59. The van der Waals surface area contributed by atoms with Gasteiger partial charge in [0.1, 0.15) is 0 Å². The Kier molecular flexibility index (Phi) is 6.15. The third-order valence-electron chi connectivity index (χ3n) is 3.30. The lowest BCUT2D eigenvalue weighted by Crippen LogP contribution is -2.30. The Bertz CT molecular complexity index is 840. The summed E-state index contributed by atoms with van der Waals surface area (Å²) in [5.41, 5.74) is -1.16. The lowest BCUT2D eigenvalue weighted by atomic mass is 10.2. The molecule has 26 heavy (non-hydrogen) atoms. The van der Waals surface area contributed by atoms with Crippen molar-refractivity contribution < 1.29 is 27.5 Å². The van der Waals surface area contributed by atoms with E-state index in [0.717, 1.165) is 12.1 Å². The van der Waals surface area contributed by atoms with E-state index in [-0.39, 0.29) is 21.3 Å². The fourth-order valence-corrected chi connectivity index (χ4v) is 2.31. The molecule has 0 bridgehead atoms. The van der Waals surface area contributed by atoms with E-state index in [9.17, 15) is 22.8 Å². The zero-order valence-electron chi connectivity index (χ0n) is 13.2. The van der Waals surface area contributed by atoms with Crippen molar-refractivity contribution in [2.45, 2.75) is 19.2 Å². The molecule has 1 N–H and O–H groups in total. The molecule has 4 nitrogen and oxygen atoms in total. The maximum Gasteiger partial charge on any atom is 0.416 e. The van der Waals surface area contributed by atoms with Crippen LogP contribution in [0.4, 0.5) is 18.9 Å². The van der Waals surface area contributed by atoms with Crippen molar-refractivity contribution in [3.63, 3.8) is 0 Å². The first-order chi connectivity index (χ1) is 12.1. The standard InChI is InChI=1S/C17H12Cl2F3NO3/c1-9(26-16(25)11-4-2-3-5-12(11)18)15(24)23-14-8-10(17(20,21)22)6-7-13(14)19/h2-9H,1H3,(H,23,24)/t9-/m1/s1. The maximum absolute atomic E-state index is 12.8. The second-order valence-corrected chi connectivity index (χ2v) is 6.02. The second-order valence-electron chi connectivity index (χ2n) is 5.21. The molecule has 0 aliphatic heterocycles. The van der Waals surface area contributed by atoms with E-state index in [2.05, 4.69) is 5.32 Å². The number of amides is 1. The SMILES string of the molecule is C[C@@H](OC(=O)c1ccccc1Cl)C(=O)Nc1cc(C(F)(F)F)ccc1Cl. The molecule has 138 valence electrons. The quantitative estimate of drug-likeness (QED) is 0.711. The fourth-order valence-electron chi connectivity index (χ4n) is 1.94. The minimum Gasteiger partial charge on any atom is -0.449 e. The summed E-state index contributed by atoms with van der Waals surface area (Å²) in [6.07, 6.45) is -5.88. The number of benzene rings is 2. The number of carbonyl (C=O) groups excluding carboxylic acids is 2. The molecule has 2 aromatic rings. The van der Waals surface area contributed by atoms with Crippen molar-refractivity contribution in [2.24, 2.45) is 0 Å². The lowest BCUT2D eigenvalue weighted by molar-refractivity contribution is -0.137. The summed E-state index contributed by atoms with van der Waals surface area (Å²) in [5, 5.41) is 2.27. The van der Waals surface area contributed by atoms with Gasteiger partial charge in [-0.15, -0.1) is 0 Å². The number of anilines is 1. The number of hydrogen-bond acceptors (Lipinski definition) is 3. The van der Waals surface area contributed by atoms with Gasteiger partial charge in [0.25, 0.3) is 5.91 Å². The van der Waals surface area contributed by atoms with Crippen LogP contribution in [-0.2, 0) is 15.7 Å². The predicted octanol–water partition coefficient (Wildman–Crippen LogP) is 5.20. The van der Waals surface area contributed by atoms with Crippen molar-refractivity contribution in [1.29, 1.82) is 0 Å². The monoisotopic (exact) mass is 405 g/mol. The van der Waals surface area contributed by atoms with Crippen LogP contribution >= 0.6 is 23.2 Å². The van der Waals surface area contributed by atoms with Gasteiger partial charge >= 0.3 is 12.1 Å². The summed E-state index contributed by atoms with van der Waals surface area (Å²) >= 11 is 11.7. The summed E-state index contributed by atoms with van der Waals surface area (Å²) in [6, 6.07) is 8.58. The fraction of sp³-hybridized carbons (Fsp3) is 0.176. The van der Waals surface area contributed by atoms with E-state index in [1.165, 1.54) is 19.1 Å². The van der Waals surface area contributed by atoms with E-state index in [1.807, 2.05) is 0 Å². The van der Waals surface area contributed by atoms with E-state index in [4.69, 9.17) is 27.9 Å². The topological polar surface area (TPSA) is 55.4 Å². The summed E-state index contributed by atoms with van der Waals surface area (Å²) in [6.45, 7) is 1.27. The molecule has 0 heterocycles. The highest BCUT2D eigenvalue weighted by Crippen LogP contribution is 2.33. The average molecular weight is 406 g/mol. The Morgan fingerprint density at radius 1 is 1.08 bits per heavy atom. The number of ether oxygens (including phenoxy) is 1. The molecule has 0 unspecified atom stereocenters. The summed E-state index contributed by atoms with van der Waals surface area (Å²) in [5.74, 6) is -1.68. The normalized spacial score (nSPS) is 12.4. The first kappa shape index (κ1) is 20.1. The van der Waals surface area contributed by atoms with Gasteiger partial charge in [0.2, 0.25) is 0 Å². The third kappa shape index (κ3) is 4.89. The number of carbonyl (C=O) groups is 2. The Hall–Kier alpha value is -2.25. The summed E-state index contributed by atoms with van der Waals surface area (Å²) in [4.78, 5) is 24.1. The van der Waals surface area contributed by atoms with Gasteiger partial charge in [0.05, 0.1) is 26.9 Å². The minimum absolute atomic E-state index is 0.0610. The predicted molar refractivity (Wildman–Crippen MR) is 91.4 cm³/mol. The van der Waals surface area contributed by atoms with E-state index >= 15 is 0 Å². The average Bonchev–Trinajstić information content (AvgIpc) is 2.55. The highest BCUT2D eigenvalue weighted by molar-refractivity contribution is 6.34. The van der Waals surface area contributed by atoms with Crippen molar-refractivity contribution in [2.75, 3.05) is 5.32 Å². The van der Waals surface area contributed by atoms with Gasteiger partial charge in [0, 0.05) is 0 Å². The molecule has 2 rings (SSSR count). The van der Waals surface area contributed by atoms with Crippen molar-refractivity contribution in [3.05, 3.63) is 63.6 Å². The number of rotatable bonds is 4. The van der Waals surface area contributed by atoms with Crippen LogP contribution in [0.3, 0.4) is 0 Å². The van der Waals surface area contributed by atoms with Crippen LogP contribution in [0.1, 0.15) is 22.8 Å². The number of alkyl halides is 3. The van der Waals surface area contributed by atoms with Crippen LogP contribution in [0.2, 0.25) is 10.0 Å². The third-order valence-corrected chi connectivity index (χ3v) is 3.96. The van der Waals surface area contributed by atoms with Crippen molar-refractivity contribution in [1.82, 2.24) is 0 Å². The van der Waals surface area contributed by atoms with Gasteiger partial charge in [-0.1, -0.05) is 35.3 Å². The van der Waals surface area contributed by atoms with E-state index in [0.29, 0.717) is 6.07 Å². The van der Waals surface area contributed by atoms with E-state index < -0.39 is 29.7 Å². The molecule has 0 spiro atoms. The molecule has 0 radical (unpaired) electrons. The van der Waals surface area contributed by atoms with Crippen LogP contribution in [0.15, 0.2) is 42.5 Å². The van der Waals surface area contributed by atoms with Gasteiger partial charge in [-0.3, -0.25) is 4.79 Å². The highest BCUT2D eigenvalue weighted by atomic mass is 35.5. The molecule has 0 saturated carbocycles. The Morgan fingerprint density at radius 3 is 2.35 bits per heavy atom. The van der Waals surface area contributed by atoms with Gasteiger partial charge in [-0.25, -0.2) is 4.79 Å². The molecule has 0 aliphatic carbocycles. The number of nitrogens with one attached hydrogen (secondary N) is 1. The Labute approximate surface area is 156 Å². The zero-order chi connectivity index (χ0) is 19.5. The smallest absolute Gasteiger partial charge is 0.416 e. The Balaban J connectivity index is 2.10. The molecule has 0 saturated heterocycles. The molecule has 0 aromatic heterocycles. The number of esters is 1. The van der Waals surface area contributed by atoms with Crippen molar-refractivity contribution in [3.8, 4) is 0 Å². The molecule has 9 heteroatoms. The van der Waals surface area contributed by atoms with Crippen LogP contribution in [0.5, 0.6) is 0 Å². The number of hydrogen-bond donors (Lipinski definition) is 1. The molecular weight excluding hydrogens is 394 g/mol. The maximum atomic E-state index is 12.8. The van der Waals surface area contributed by atoms with Gasteiger partial charge in [0.15, 0.2) is 6.10 Å². The number of halogens is 5. The molecule has 1 atom stereocenters. The van der Waals surface area contributed by atoms with Gasteiger partial charge < -0.3 is 10.1 Å².